The molecule has 0 aliphatic carbocycles. The molecule has 0 saturated carbocycles. The Morgan fingerprint density at radius 2 is 1.60 bits per heavy atom. The van der Waals surface area contributed by atoms with Crippen LogP contribution in [0.15, 0.2) is 30.3 Å². The number of rotatable bonds is 6. The van der Waals surface area contributed by atoms with Gasteiger partial charge in [0.05, 0.1) is 30.0 Å². The number of amides is 1. The first-order valence-corrected chi connectivity index (χ1v) is 8.33. The first-order valence-electron chi connectivity index (χ1n) is 7.19. The third-order valence-electron chi connectivity index (χ3n) is 3.30. The molecule has 2 aromatic carbocycles. The minimum atomic E-state index is -0.815. The third kappa shape index (κ3) is 4.84. The number of hydrogen-bond donors (Lipinski definition) is 1. The molecule has 1 N–H and O–H groups in total. The van der Waals surface area contributed by atoms with Crippen molar-refractivity contribution in [1.29, 1.82) is 0 Å². The van der Waals surface area contributed by atoms with E-state index in [0.717, 1.165) is 0 Å². The normalized spacial score (nSPS) is 11.6. The molecule has 0 saturated heterocycles. The van der Waals surface area contributed by atoms with Gasteiger partial charge in [-0.2, -0.15) is 0 Å². The van der Waals surface area contributed by atoms with Gasteiger partial charge in [0.15, 0.2) is 6.10 Å². The number of benzene rings is 2. The van der Waals surface area contributed by atoms with E-state index >= 15 is 0 Å². The summed E-state index contributed by atoms with van der Waals surface area (Å²) in [6, 6.07) is 7.88. The van der Waals surface area contributed by atoms with Crippen molar-refractivity contribution >= 4 is 46.4 Å². The maximum absolute atomic E-state index is 12.4. The molecule has 5 nitrogen and oxygen atoms in total. The molecule has 2 rings (SSSR count). The molecule has 2 aromatic rings. The van der Waals surface area contributed by atoms with Crippen molar-refractivity contribution in [2.24, 2.45) is 0 Å². The second-order valence-electron chi connectivity index (χ2n) is 5.01. The zero-order valence-electron chi connectivity index (χ0n) is 13.7. The van der Waals surface area contributed by atoms with Gasteiger partial charge in [-0.15, -0.1) is 0 Å². The molecule has 25 heavy (non-hydrogen) atoms. The van der Waals surface area contributed by atoms with E-state index < -0.39 is 12.0 Å². The molecule has 1 atom stereocenters. The largest absolute Gasteiger partial charge is 0.495 e. The van der Waals surface area contributed by atoms with Crippen molar-refractivity contribution in [1.82, 2.24) is 0 Å². The van der Waals surface area contributed by atoms with E-state index in [1.54, 1.807) is 31.2 Å². The van der Waals surface area contributed by atoms with Crippen LogP contribution < -0.4 is 19.5 Å². The molecule has 0 heterocycles. The van der Waals surface area contributed by atoms with E-state index in [2.05, 4.69) is 5.32 Å². The van der Waals surface area contributed by atoms with Gasteiger partial charge in [-0.25, -0.2) is 0 Å². The summed E-state index contributed by atoms with van der Waals surface area (Å²) in [4.78, 5) is 12.4. The summed E-state index contributed by atoms with van der Waals surface area (Å²) in [5, 5.41) is 3.88. The molecule has 0 spiro atoms. The quantitative estimate of drug-likeness (QED) is 0.730. The molecule has 0 bridgehead atoms. The predicted molar refractivity (Wildman–Crippen MR) is 99.7 cm³/mol. The average Bonchev–Trinajstić information content (AvgIpc) is 2.58. The fourth-order valence-corrected chi connectivity index (χ4v) is 2.69. The SMILES string of the molecule is COc1cc(NC(=O)C(C)Oc2ccc(Cl)cc2Cl)c(OC)cc1Cl. The Hall–Kier alpha value is -1.82. The summed E-state index contributed by atoms with van der Waals surface area (Å²) in [6.45, 7) is 1.60. The van der Waals surface area contributed by atoms with Crippen molar-refractivity contribution in [3.63, 3.8) is 0 Å². The van der Waals surface area contributed by atoms with Crippen LogP contribution in [0.2, 0.25) is 15.1 Å². The highest BCUT2D eigenvalue weighted by atomic mass is 35.5. The number of ether oxygens (including phenoxy) is 3. The number of hydrogen-bond acceptors (Lipinski definition) is 4. The molecule has 8 heteroatoms. The highest BCUT2D eigenvalue weighted by Crippen LogP contribution is 2.36. The van der Waals surface area contributed by atoms with Crippen LogP contribution in [0, 0.1) is 0 Å². The van der Waals surface area contributed by atoms with Gasteiger partial charge in [-0.3, -0.25) is 4.79 Å². The summed E-state index contributed by atoms with van der Waals surface area (Å²) in [5.41, 5.74) is 0.409. The van der Waals surface area contributed by atoms with Crippen molar-refractivity contribution in [3.05, 3.63) is 45.4 Å². The Bertz CT molecular complexity index is 783. The van der Waals surface area contributed by atoms with Crippen molar-refractivity contribution < 1.29 is 19.0 Å². The standard InChI is InChI=1S/C17H16Cl3NO4/c1-9(25-14-5-4-10(18)6-11(14)19)17(22)21-13-8-15(23-2)12(20)7-16(13)24-3/h4-9H,1-3H3,(H,21,22). The first-order chi connectivity index (χ1) is 11.8. The van der Waals surface area contributed by atoms with E-state index in [9.17, 15) is 4.79 Å². The highest BCUT2D eigenvalue weighted by Gasteiger charge is 2.19. The van der Waals surface area contributed by atoms with Gasteiger partial charge in [0.25, 0.3) is 5.91 Å². The Balaban J connectivity index is 2.15. The lowest BCUT2D eigenvalue weighted by molar-refractivity contribution is -0.122. The molecular weight excluding hydrogens is 389 g/mol. The van der Waals surface area contributed by atoms with Gasteiger partial charge in [-0.05, 0) is 25.1 Å². The summed E-state index contributed by atoms with van der Waals surface area (Å²) < 4.78 is 16.0. The monoisotopic (exact) mass is 403 g/mol. The van der Waals surface area contributed by atoms with Gasteiger partial charge in [0, 0.05) is 17.2 Å². The molecule has 0 aliphatic heterocycles. The van der Waals surface area contributed by atoms with Crippen LogP contribution in [0.25, 0.3) is 0 Å². The second kappa shape index (κ2) is 8.52. The number of nitrogens with one attached hydrogen (secondary N) is 1. The van der Waals surface area contributed by atoms with Crippen LogP contribution in [-0.2, 0) is 4.79 Å². The summed E-state index contributed by atoms with van der Waals surface area (Å²) in [5.74, 6) is 0.769. The van der Waals surface area contributed by atoms with Crippen molar-refractivity contribution in [3.8, 4) is 17.2 Å². The zero-order chi connectivity index (χ0) is 18.6. The zero-order valence-corrected chi connectivity index (χ0v) is 16.0. The van der Waals surface area contributed by atoms with E-state index in [1.807, 2.05) is 0 Å². The van der Waals surface area contributed by atoms with E-state index in [-0.39, 0.29) is 0 Å². The second-order valence-corrected chi connectivity index (χ2v) is 6.26. The van der Waals surface area contributed by atoms with Gasteiger partial charge in [0.2, 0.25) is 0 Å². The van der Waals surface area contributed by atoms with E-state index in [4.69, 9.17) is 49.0 Å². The Morgan fingerprint density at radius 3 is 2.20 bits per heavy atom. The van der Waals surface area contributed by atoms with Crippen LogP contribution >= 0.6 is 34.8 Å². The Labute approximate surface area is 160 Å². The molecule has 134 valence electrons. The molecule has 0 fully saturated rings. The summed E-state index contributed by atoms with van der Waals surface area (Å²) >= 11 is 17.9. The first kappa shape index (κ1) is 19.5. The summed E-state index contributed by atoms with van der Waals surface area (Å²) in [6.07, 6.45) is -0.815. The Kier molecular flexibility index (Phi) is 6.64. The molecule has 1 amide bonds. The molecule has 0 aromatic heterocycles. The summed E-state index contributed by atoms with van der Waals surface area (Å²) in [7, 11) is 2.95. The smallest absolute Gasteiger partial charge is 0.265 e. The fourth-order valence-electron chi connectivity index (χ4n) is 2.01. The topological polar surface area (TPSA) is 56.8 Å². The minimum Gasteiger partial charge on any atom is -0.495 e. The number of carbonyl (C=O) groups excluding carboxylic acids is 1. The van der Waals surface area contributed by atoms with Crippen LogP contribution in [0.3, 0.4) is 0 Å². The van der Waals surface area contributed by atoms with Crippen molar-refractivity contribution in [2.75, 3.05) is 19.5 Å². The number of halogens is 3. The van der Waals surface area contributed by atoms with Crippen molar-refractivity contribution in [2.45, 2.75) is 13.0 Å². The maximum atomic E-state index is 12.4. The number of methoxy groups -OCH3 is 2. The minimum absolute atomic E-state index is 0.317. The lowest BCUT2D eigenvalue weighted by Gasteiger charge is -2.17. The van der Waals surface area contributed by atoms with Gasteiger partial charge >= 0.3 is 0 Å². The molecule has 0 aliphatic rings. The predicted octanol–water partition coefficient (Wildman–Crippen LogP) is 5.07. The lowest BCUT2D eigenvalue weighted by Crippen LogP contribution is -2.30. The fraction of sp³-hybridized carbons (Fsp3) is 0.235. The molecule has 0 radical (unpaired) electrons. The third-order valence-corrected chi connectivity index (χ3v) is 4.12. The van der Waals surface area contributed by atoms with Crippen LogP contribution in [-0.4, -0.2) is 26.2 Å². The van der Waals surface area contributed by atoms with Crippen LogP contribution in [0.4, 0.5) is 5.69 Å². The molecular formula is C17H16Cl3NO4. The van der Waals surface area contributed by atoms with E-state index in [1.165, 1.54) is 20.3 Å². The highest BCUT2D eigenvalue weighted by molar-refractivity contribution is 6.35. The van der Waals surface area contributed by atoms with Crippen LogP contribution in [0.5, 0.6) is 17.2 Å². The van der Waals surface area contributed by atoms with Gasteiger partial charge < -0.3 is 19.5 Å². The van der Waals surface area contributed by atoms with Gasteiger partial charge in [0.1, 0.15) is 17.2 Å². The van der Waals surface area contributed by atoms with Gasteiger partial charge in [-0.1, -0.05) is 34.8 Å². The lowest BCUT2D eigenvalue weighted by atomic mass is 10.2. The maximum Gasteiger partial charge on any atom is 0.265 e. The average molecular weight is 405 g/mol. The number of carbonyl (C=O) groups is 1. The van der Waals surface area contributed by atoms with E-state index in [0.29, 0.717) is 38.0 Å². The van der Waals surface area contributed by atoms with Crippen LogP contribution in [0.1, 0.15) is 6.92 Å². The Morgan fingerprint density at radius 1 is 0.960 bits per heavy atom. The number of anilines is 1. The molecule has 1 unspecified atom stereocenters.